The smallest absolute Gasteiger partial charge is 0.244 e. The molecule has 0 atom stereocenters. The highest BCUT2D eigenvalue weighted by molar-refractivity contribution is 6.30. The highest BCUT2D eigenvalue weighted by Crippen LogP contribution is 2.19. The number of pyridine rings is 1. The lowest BCUT2D eigenvalue weighted by Crippen LogP contribution is -2.49. The van der Waals surface area contributed by atoms with Crippen LogP contribution in [0.5, 0.6) is 0 Å². The van der Waals surface area contributed by atoms with Gasteiger partial charge in [-0.05, 0) is 43.3 Å². The Labute approximate surface area is 183 Å². The van der Waals surface area contributed by atoms with Crippen LogP contribution >= 0.6 is 11.6 Å². The van der Waals surface area contributed by atoms with Gasteiger partial charge >= 0.3 is 0 Å². The first-order valence-electron chi connectivity index (χ1n) is 10.4. The summed E-state index contributed by atoms with van der Waals surface area (Å²) in [5.74, 6) is 0.703. The Morgan fingerprint density at radius 2 is 1.87 bits per heavy atom. The van der Waals surface area contributed by atoms with Crippen LogP contribution in [0.2, 0.25) is 5.02 Å². The maximum atomic E-state index is 12.6. The van der Waals surface area contributed by atoms with Gasteiger partial charge in [-0.25, -0.2) is 4.99 Å². The van der Waals surface area contributed by atoms with Crippen LogP contribution in [-0.2, 0) is 11.2 Å². The first-order chi connectivity index (χ1) is 14.7. The molecule has 2 heterocycles. The molecule has 2 aromatic rings. The topological polar surface area (TPSA) is 72.9 Å². The molecule has 0 unspecified atom stereocenters. The molecule has 30 heavy (non-hydrogen) atoms. The minimum atomic E-state index is 0.0488. The number of hydrogen-bond acceptors (Lipinski definition) is 4. The number of carbonyl (C=O) groups is 1. The fraction of sp³-hybridized carbons (Fsp3) is 0.409. The first-order valence-corrected chi connectivity index (χ1v) is 10.7. The summed E-state index contributed by atoms with van der Waals surface area (Å²) >= 11 is 5.96. The van der Waals surface area contributed by atoms with Gasteiger partial charge in [-0.2, -0.15) is 0 Å². The molecule has 0 aliphatic carbocycles. The normalized spacial score (nSPS) is 14.5. The molecule has 2 N–H and O–H groups in total. The molecule has 1 amide bonds. The molecule has 3 rings (SSSR count). The Balaban J connectivity index is 1.45. The average Bonchev–Trinajstić information content (AvgIpc) is 2.78. The molecule has 0 spiro atoms. The number of nitrogens with one attached hydrogen (secondary N) is 2. The third-order valence-electron chi connectivity index (χ3n) is 4.94. The summed E-state index contributed by atoms with van der Waals surface area (Å²) < 4.78 is 0. The Morgan fingerprint density at radius 1 is 1.10 bits per heavy atom. The van der Waals surface area contributed by atoms with E-state index in [9.17, 15) is 4.79 Å². The van der Waals surface area contributed by atoms with Crippen molar-refractivity contribution in [3.63, 3.8) is 0 Å². The average molecular weight is 429 g/mol. The van der Waals surface area contributed by atoms with Crippen molar-refractivity contribution in [1.82, 2.24) is 20.5 Å². The molecule has 8 heteroatoms. The third kappa shape index (κ3) is 6.62. The van der Waals surface area contributed by atoms with E-state index >= 15 is 0 Å². The highest BCUT2D eigenvalue weighted by Gasteiger charge is 2.21. The van der Waals surface area contributed by atoms with Gasteiger partial charge in [0.15, 0.2) is 5.96 Å². The zero-order chi connectivity index (χ0) is 21.2. The molecule has 1 aliphatic rings. The lowest BCUT2D eigenvalue weighted by Gasteiger charge is -2.36. The highest BCUT2D eigenvalue weighted by atomic mass is 35.5. The summed E-state index contributed by atoms with van der Waals surface area (Å²) in [4.78, 5) is 25.5. The Bertz CT molecular complexity index is 819. The molecule has 0 saturated carbocycles. The van der Waals surface area contributed by atoms with E-state index in [-0.39, 0.29) is 12.5 Å². The Morgan fingerprint density at radius 3 is 2.53 bits per heavy atom. The molecule has 1 aliphatic heterocycles. The predicted octanol–water partition coefficient (Wildman–Crippen LogP) is 2.18. The SMILES string of the molecule is CCNC(=NCC(=O)N1CCN(c2ccc(Cl)cc2)CC1)NCCc1ccccn1. The second kappa shape index (κ2) is 11.4. The van der Waals surface area contributed by atoms with Gasteiger partial charge in [-0.3, -0.25) is 9.78 Å². The van der Waals surface area contributed by atoms with Crippen molar-refractivity contribution < 1.29 is 4.79 Å². The fourth-order valence-electron chi connectivity index (χ4n) is 3.31. The van der Waals surface area contributed by atoms with E-state index in [1.165, 1.54) is 0 Å². The van der Waals surface area contributed by atoms with E-state index in [1.807, 2.05) is 54.3 Å². The van der Waals surface area contributed by atoms with Gasteiger partial charge in [0.2, 0.25) is 5.91 Å². The number of guanidine groups is 1. The molecule has 0 radical (unpaired) electrons. The summed E-state index contributed by atoms with van der Waals surface area (Å²) in [6, 6.07) is 13.7. The number of piperazine rings is 1. The fourth-order valence-corrected chi connectivity index (χ4v) is 3.44. The first kappa shape index (κ1) is 21.9. The van der Waals surface area contributed by atoms with Crippen LogP contribution in [0.4, 0.5) is 5.69 Å². The molecule has 1 saturated heterocycles. The number of anilines is 1. The predicted molar refractivity (Wildman–Crippen MR) is 122 cm³/mol. The van der Waals surface area contributed by atoms with E-state index in [4.69, 9.17) is 11.6 Å². The van der Waals surface area contributed by atoms with E-state index in [0.29, 0.717) is 25.6 Å². The summed E-state index contributed by atoms with van der Waals surface area (Å²) in [6.07, 6.45) is 2.59. The maximum Gasteiger partial charge on any atom is 0.244 e. The van der Waals surface area contributed by atoms with Crippen LogP contribution in [0.1, 0.15) is 12.6 Å². The number of benzene rings is 1. The van der Waals surface area contributed by atoms with E-state index in [1.54, 1.807) is 6.20 Å². The Kier molecular flexibility index (Phi) is 8.32. The molecule has 160 valence electrons. The second-order valence-corrected chi connectivity index (χ2v) is 7.47. The largest absolute Gasteiger partial charge is 0.368 e. The summed E-state index contributed by atoms with van der Waals surface area (Å²) in [7, 11) is 0. The number of aliphatic imine (C=N–C) groups is 1. The number of hydrogen-bond donors (Lipinski definition) is 2. The number of amides is 1. The third-order valence-corrected chi connectivity index (χ3v) is 5.19. The van der Waals surface area contributed by atoms with Gasteiger partial charge in [0, 0.05) is 68.3 Å². The zero-order valence-corrected chi connectivity index (χ0v) is 18.1. The van der Waals surface area contributed by atoms with E-state index in [0.717, 1.165) is 42.5 Å². The summed E-state index contributed by atoms with van der Waals surface area (Å²) in [6.45, 7) is 6.59. The quantitative estimate of drug-likeness (QED) is 0.522. The standard InChI is InChI=1S/C22H29ClN6O/c1-2-24-22(26-12-10-19-5-3-4-11-25-19)27-17-21(30)29-15-13-28(14-16-29)20-8-6-18(23)7-9-20/h3-9,11H,2,10,12-17H2,1H3,(H2,24,26,27). The second-order valence-electron chi connectivity index (χ2n) is 7.04. The van der Waals surface area contributed by atoms with Gasteiger partial charge in [0.1, 0.15) is 6.54 Å². The van der Waals surface area contributed by atoms with Crippen molar-refractivity contribution in [2.45, 2.75) is 13.3 Å². The van der Waals surface area contributed by atoms with Crippen LogP contribution in [-0.4, -0.2) is 67.6 Å². The van der Waals surface area contributed by atoms with Gasteiger partial charge < -0.3 is 20.4 Å². The van der Waals surface area contributed by atoms with Crippen molar-refractivity contribution >= 4 is 29.2 Å². The van der Waals surface area contributed by atoms with Crippen LogP contribution in [0.3, 0.4) is 0 Å². The Hall–Kier alpha value is -2.80. The lowest BCUT2D eigenvalue weighted by molar-refractivity contribution is -0.129. The summed E-state index contributed by atoms with van der Waals surface area (Å²) in [5, 5.41) is 7.19. The van der Waals surface area contributed by atoms with Crippen LogP contribution in [0.15, 0.2) is 53.7 Å². The molecular formula is C22H29ClN6O. The maximum absolute atomic E-state index is 12.6. The van der Waals surface area contributed by atoms with Gasteiger partial charge in [0.05, 0.1) is 0 Å². The van der Waals surface area contributed by atoms with Crippen molar-refractivity contribution in [1.29, 1.82) is 0 Å². The molecule has 7 nitrogen and oxygen atoms in total. The van der Waals surface area contributed by atoms with Gasteiger partial charge in [-0.1, -0.05) is 17.7 Å². The number of halogens is 1. The molecular weight excluding hydrogens is 400 g/mol. The van der Waals surface area contributed by atoms with E-state index in [2.05, 4.69) is 25.5 Å². The molecule has 1 fully saturated rings. The van der Waals surface area contributed by atoms with Crippen molar-refractivity contribution in [3.8, 4) is 0 Å². The van der Waals surface area contributed by atoms with Crippen molar-refractivity contribution in [3.05, 3.63) is 59.4 Å². The molecule has 0 bridgehead atoms. The number of aromatic nitrogens is 1. The zero-order valence-electron chi connectivity index (χ0n) is 17.4. The minimum Gasteiger partial charge on any atom is -0.368 e. The minimum absolute atomic E-state index is 0.0488. The van der Waals surface area contributed by atoms with Crippen LogP contribution < -0.4 is 15.5 Å². The lowest BCUT2D eigenvalue weighted by atomic mass is 10.2. The summed E-state index contributed by atoms with van der Waals surface area (Å²) in [5.41, 5.74) is 2.16. The van der Waals surface area contributed by atoms with Crippen LogP contribution in [0.25, 0.3) is 0 Å². The van der Waals surface area contributed by atoms with Crippen LogP contribution in [0, 0.1) is 0 Å². The molecule has 1 aromatic carbocycles. The monoisotopic (exact) mass is 428 g/mol. The number of carbonyl (C=O) groups excluding carboxylic acids is 1. The van der Waals surface area contributed by atoms with E-state index < -0.39 is 0 Å². The van der Waals surface area contributed by atoms with Crippen molar-refractivity contribution in [2.24, 2.45) is 4.99 Å². The number of rotatable bonds is 7. The number of nitrogens with zero attached hydrogens (tertiary/aromatic N) is 4. The van der Waals surface area contributed by atoms with Gasteiger partial charge in [0.25, 0.3) is 0 Å². The molecule has 1 aromatic heterocycles. The van der Waals surface area contributed by atoms with Crippen molar-refractivity contribution in [2.75, 3.05) is 50.7 Å². The van der Waals surface area contributed by atoms with Gasteiger partial charge in [-0.15, -0.1) is 0 Å².